The normalized spacial score (nSPS) is 16.9. The first-order valence-corrected chi connectivity index (χ1v) is 5.17. The molecule has 0 bridgehead atoms. The minimum absolute atomic E-state index is 0.405. The predicted molar refractivity (Wildman–Crippen MR) is 60.4 cm³/mol. The van der Waals surface area contributed by atoms with Crippen LogP contribution in [0, 0.1) is 5.41 Å². The number of carbonyl (C=O) groups excluding carboxylic acids is 1. The molecule has 0 aromatic heterocycles. The Morgan fingerprint density at radius 2 is 2.12 bits per heavy atom. The van der Waals surface area contributed by atoms with Crippen LogP contribution in [0.25, 0.3) is 0 Å². The van der Waals surface area contributed by atoms with Crippen molar-refractivity contribution < 1.29 is 14.3 Å². The number of hydrogen-bond donors (Lipinski definition) is 1. The zero-order valence-corrected chi connectivity index (χ0v) is 10.2. The number of ether oxygens (including phenoxy) is 2. The monoisotopic (exact) mass is 226 g/mol. The van der Waals surface area contributed by atoms with Crippen LogP contribution in [-0.2, 0) is 9.47 Å². The van der Waals surface area contributed by atoms with Gasteiger partial charge < -0.3 is 14.9 Å². The van der Waals surface area contributed by atoms with Crippen molar-refractivity contribution in [3.8, 4) is 0 Å². The van der Waals surface area contributed by atoms with E-state index < -0.39 is 11.7 Å². The van der Waals surface area contributed by atoms with Crippen LogP contribution in [0.1, 0.15) is 27.2 Å². The van der Waals surface area contributed by atoms with Crippen molar-refractivity contribution in [1.29, 1.82) is 5.41 Å². The number of nitrogens with zero attached hydrogens (tertiary/aromatic N) is 1. The lowest BCUT2D eigenvalue weighted by atomic mass is 10.1. The molecule has 1 aliphatic rings. The topological polar surface area (TPSA) is 62.6 Å². The summed E-state index contributed by atoms with van der Waals surface area (Å²) in [4.78, 5) is 13.1. The van der Waals surface area contributed by atoms with Crippen molar-refractivity contribution in [2.75, 3.05) is 13.7 Å². The summed E-state index contributed by atoms with van der Waals surface area (Å²) >= 11 is 0. The predicted octanol–water partition coefficient (Wildman–Crippen LogP) is 2.13. The molecule has 5 nitrogen and oxygen atoms in total. The molecule has 1 aliphatic heterocycles. The van der Waals surface area contributed by atoms with Crippen LogP contribution < -0.4 is 0 Å². The van der Waals surface area contributed by atoms with E-state index in [0.717, 1.165) is 0 Å². The highest BCUT2D eigenvalue weighted by atomic mass is 16.6. The van der Waals surface area contributed by atoms with E-state index in [4.69, 9.17) is 14.9 Å². The Morgan fingerprint density at radius 3 is 2.62 bits per heavy atom. The second-order valence-corrected chi connectivity index (χ2v) is 4.60. The highest BCUT2D eigenvalue weighted by molar-refractivity contribution is 5.97. The molecular weight excluding hydrogens is 208 g/mol. The number of rotatable bonds is 1. The molecule has 0 unspecified atom stereocenters. The van der Waals surface area contributed by atoms with Gasteiger partial charge in [0.2, 0.25) is 0 Å². The number of carbonyl (C=O) groups is 1. The molecule has 0 aromatic rings. The van der Waals surface area contributed by atoms with Crippen LogP contribution >= 0.6 is 0 Å². The zero-order valence-electron chi connectivity index (χ0n) is 10.2. The van der Waals surface area contributed by atoms with Crippen molar-refractivity contribution in [1.82, 2.24) is 4.90 Å². The van der Waals surface area contributed by atoms with Gasteiger partial charge in [0.1, 0.15) is 5.60 Å². The van der Waals surface area contributed by atoms with Gasteiger partial charge in [-0.1, -0.05) is 0 Å². The van der Waals surface area contributed by atoms with Crippen molar-refractivity contribution >= 4 is 11.8 Å². The summed E-state index contributed by atoms with van der Waals surface area (Å²) in [7, 11) is 1.49. The van der Waals surface area contributed by atoms with E-state index in [2.05, 4.69) is 0 Å². The van der Waals surface area contributed by atoms with Crippen LogP contribution in [0.15, 0.2) is 12.0 Å². The summed E-state index contributed by atoms with van der Waals surface area (Å²) in [6.45, 7) is 5.91. The molecule has 0 saturated heterocycles. The molecular formula is C11H18N2O3. The lowest BCUT2D eigenvalue weighted by Crippen LogP contribution is -2.37. The molecule has 0 aromatic carbocycles. The molecule has 0 fully saturated rings. The number of nitrogens with one attached hydrogen (secondary N) is 1. The summed E-state index contributed by atoms with van der Waals surface area (Å²) in [5.74, 6) is 0.414. The Balaban J connectivity index is 2.72. The van der Waals surface area contributed by atoms with Crippen LogP contribution in [0.2, 0.25) is 0 Å². The molecule has 0 atom stereocenters. The van der Waals surface area contributed by atoms with Crippen molar-refractivity contribution in [2.24, 2.45) is 0 Å². The van der Waals surface area contributed by atoms with E-state index in [-0.39, 0.29) is 0 Å². The molecule has 5 heteroatoms. The van der Waals surface area contributed by atoms with Gasteiger partial charge in [0.05, 0.1) is 19.0 Å². The van der Waals surface area contributed by atoms with Gasteiger partial charge >= 0.3 is 6.09 Å². The first-order chi connectivity index (χ1) is 7.33. The number of methoxy groups -OCH3 is 1. The molecule has 1 amide bonds. The lowest BCUT2D eigenvalue weighted by Gasteiger charge is -2.28. The third kappa shape index (κ3) is 3.25. The molecule has 16 heavy (non-hydrogen) atoms. The van der Waals surface area contributed by atoms with E-state index in [1.807, 2.05) is 20.8 Å². The summed E-state index contributed by atoms with van der Waals surface area (Å²) in [6.07, 6.45) is 1.59. The number of amides is 1. The van der Waals surface area contributed by atoms with Crippen LogP contribution in [0.3, 0.4) is 0 Å². The van der Waals surface area contributed by atoms with Crippen LogP contribution in [0.4, 0.5) is 4.79 Å². The minimum atomic E-state index is -0.511. The molecule has 1 N–H and O–H groups in total. The summed E-state index contributed by atoms with van der Waals surface area (Å²) in [5.41, 5.74) is -0.106. The largest absolute Gasteiger partial charge is 0.493 e. The lowest BCUT2D eigenvalue weighted by molar-refractivity contribution is 0.0328. The standard InChI is InChI=1S/C11H18N2O3/c1-11(2,3)16-10(14)13-6-5-8(12)9(7-13)15-4/h7,12H,5-6H2,1-4H3. The molecule has 0 spiro atoms. The molecule has 0 aliphatic carbocycles. The van der Waals surface area contributed by atoms with Gasteiger partial charge in [-0.2, -0.15) is 0 Å². The molecule has 0 saturated carbocycles. The molecule has 0 radical (unpaired) electrons. The molecule has 1 heterocycles. The van der Waals surface area contributed by atoms with Gasteiger partial charge in [-0.3, -0.25) is 4.90 Å². The van der Waals surface area contributed by atoms with Crippen molar-refractivity contribution in [2.45, 2.75) is 32.8 Å². The van der Waals surface area contributed by atoms with Gasteiger partial charge in [-0.05, 0) is 20.8 Å². The Hall–Kier alpha value is -1.52. The smallest absolute Gasteiger partial charge is 0.414 e. The van der Waals surface area contributed by atoms with Crippen LogP contribution in [0.5, 0.6) is 0 Å². The zero-order chi connectivity index (χ0) is 12.3. The van der Waals surface area contributed by atoms with Gasteiger partial charge in [-0.15, -0.1) is 0 Å². The first-order valence-electron chi connectivity index (χ1n) is 5.17. The minimum Gasteiger partial charge on any atom is -0.493 e. The molecule has 1 rings (SSSR count). The fourth-order valence-electron chi connectivity index (χ4n) is 1.28. The quantitative estimate of drug-likeness (QED) is 0.745. The van der Waals surface area contributed by atoms with Gasteiger partial charge in [0.15, 0.2) is 5.76 Å². The average Bonchev–Trinajstić information content (AvgIpc) is 2.15. The van der Waals surface area contributed by atoms with E-state index >= 15 is 0 Å². The van der Waals surface area contributed by atoms with Gasteiger partial charge in [0, 0.05) is 13.0 Å². The summed E-state index contributed by atoms with van der Waals surface area (Å²) < 4.78 is 10.2. The summed E-state index contributed by atoms with van der Waals surface area (Å²) in [5, 5.41) is 7.58. The van der Waals surface area contributed by atoms with Crippen molar-refractivity contribution in [3.63, 3.8) is 0 Å². The number of hydrogen-bond acceptors (Lipinski definition) is 4. The third-order valence-corrected chi connectivity index (χ3v) is 2.02. The highest BCUT2D eigenvalue weighted by Crippen LogP contribution is 2.16. The van der Waals surface area contributed by atoms with Gasteiger partial charge in [0.25, 0.3) is 0 Å². The second-order valence-electron chi connectivity index (χ2n) is 4.60. The van der Waals surface area contributed by atoms with Gasteiger partial charge in [-0.25, -0.2) is 4.79 Å². The maximum atomic E-state index is 11.7. The maximum Gasteiger partial charge on any atom is 0.414 e. The average molecular weight is 226 g/mol. The Kier molecular flexibility index (Phi) is 3.57. The van der Waals surface area contributed by atoms with E-state index in [9.17, 15) is 4.79 Å². The van der Waals surface area contributed by atoms with E-state index in [0.29, 0.717) is 24.4 Å². The SMILES string of the molecule is COC1=CN(C(=O)OC(C)(C)C)CCC1=N. The third-order valence-electron chi connectivity index (χ3n) is 2.02. The second kappa shape index (κ2) is 4.55. The first kappa shape index (κ1) is 12.5. The Bertz CT molecular complexity index is 329. The maximum absolute atomic E-state index is 11.7. The number of allylic oxidation sites excluding steroid dienone is 1. The van der Waals surface area contributed by atoms with E-state index in [1.165, 1.54) is 18.2 Å². The molecule has 90 valence electrons. The fraction of sp³-hybridized carbons (Fsp3) is 0.636. The highest BCUT2D eigenvalue weighted by Gasteiger charge is 2.25. The Morgan fingerprint density at radius 1 is 1.50 bits per heavy atom. The Labute approximate surface area is 95.5 Å². The van der Waals surface area contributed by atoms with E-state index in [1.54, 1.807) is 0 Å². The summed E-state index contributed by atoms with van der Waals surface area (Å²) in [6, 6.07) is 0. The fourth-order valence-corrected chi connectivity index (χ4v) is 1.28. The van der Waals surface area contributed by atoms with Crippen molar-refractivity contribution in [3.05, 3.63) is 12.0 Å². The van der Waals surface area contributed by atoms with Crippen LogP contribution in [-0.4, -0.2) is 36.0 Å².